The molecule has 1 aliphatic carbocycles. The zero-order valence-corrected chi connectivity index (χ0v) is 17.1. The molecule has 0 aliphatic heterocycles. The van der Waals surface area contributed by atoms with Crippen molar-refractivity contribution in [2.75, 3.05) is 14.2 Å². The number of rotatable bonds is 8. The fourth-order valence-corrected chi connectivity index (χ4v) is 3.85. The van der Waals surface area contributed by atoms with Crippen LogP contribution in [0.15, 0.2) is 18.2 Å². The average Bonchev–Trinajstić information content (AvgIpc) is 3.10. The van der Waals surface area contributed by atoms with Crippen LogP contribution in [-0.4, -0.2) is 46.2 Å². The van der Waals surface area contributed by atoms with Gasteiger partial charge >= 0.3 is 0 Å². The second kappa shape index (κ2) is 9.39. The van der Waals surface area contributed by atoms with Crippen LogP contribution in [-0.2, 0) is 13.0 Å². The number of benzene rings is 1. The minimum Gasteiger partial charge on any atom is -0.493 e. The number of methoxy groups -OCH3 is 2. The van der Waals surface area contributed by atoms with Crippen LogP contribution < -0.4 is 15.2 Å². The predicted octanol–water partition coefficient (Wildman–Crippen LogP) is 2.64. The monoisotopic (exact) mass is 388 g/mol. The lowest BCUT2D eigenvalue weighted by Crippen LogP contribution is -2.40. The van der Waals surface area contributed by atoms with E-state index >= 15 is 0 Å². The maximum Gasteiger partial charge on any atom is 0.161 e. The van der Waals surface area contributed by atoms with Crippen LogP contribution in [0.1, 0.15) is 62.2 Å². The number of hydrogen-bond acceptors (Lipinski definition) is 6. The summed E-state index contributed by atoms with van der Waals surface area (Å²) in [5, 5.41) is 14.7. The third kappa shape index (κ3) is 4.64. The Kier molecular flexibility index (Phi) is 6.91. The van der Waals surface area contributed by atoms with E-state index in [2.05, 4.69) is 11.6 Å². The molecule has 1 fully saturated rings. The summed E-state index contributed by atoms with van der Waals surface area (Å²) in [4.78, 5) is 4.88. The number of aryl methyl sites for hydroxylation is 1. The molecule has 3 N–H and O–H groups in total. The summed E-state index contributed by atoms with van der Waals surface area (Å²) in [6, 6.07) is 5.70. The minimum absolute atomic E-state index is 0.190. The first-order valence-corrected chi connectivity index (χ1v) is 10.1. The van der Waals surface area contributed by atoms with Crippen molar-refractivity contribution in [1.29, 1.82) is 0 Å². The van der Waals surface area contributed by atoms with E-state index in [9.17, 15) is 5.11 Å². The first kappa shape index (κ1) is 20.6. The van der Waals surface area contributed by atoms with Crippen LogP contribution in [0.2, 0.25) is 0 Å². The fraction of sp³-hybridized carbons (Fsp3) is 0.619. The molecule has 7 nitrogen and oxygen atoms in total. The molecule has 0 bridgehead atoms. The quantitative estimate of drug-likeness (QED) is 0.722. The summed E-state index contributed by atoms with van der Waals surface area (Å²) in [7, 11) is 3.27. The molecule has 1 heterocycles. The van der Waals surface area contributed by atoms with Crippen LogP contribution in [0.4, 0.5) is 0 Å². The largest absolute Gasteiger partial charge is 0.493 e. The number of ether oxygens (including phenoxy) is 2. The van der Waals surface area contributed by atoms with E-state index in [1.807, 2.05) is 18.2 Å². The highest BCUT2D eigenvalue weighted by Crippen LogP contribution is 2.32. The van der Waals surface area contributed by atoms with Gasteiger partial charge in [-0.15, -0.1) is 0 Å². The van der Waals surface area contributed by atoms with Crippen LogP contribution in [0.3, 0.4) is 0 Å². The first-order chi connectivity index (χ1) is 13.5. The van der Waals surface area contributed by atoms with E-state index < -0.39 is 6.10 Å². The molecule has 154 valence electrons. The predicted molar refractivity (Wildman–Crippen MR) is 108 cm³/mol. The van der Waals surface area contributed by atoms with Gasteiger partial charge in [0.05, 0.1) is 20.3 Å². The summed E-state index contributed by atoms with van der Waals surface area (Å²) in [6.45, 7) is 3.03. The van der Waals surface area contributed by atoms with Gasteiger partial charge in [0.2, 0.25) is 0 Å². The van der Waals surface area contributed by atoms with E-state index in [4.69, 9.17) is 25.3 Å². The van der Waals surface area contributed by atoms with E-state index in [0.29, 0.717) is 17.9 Å². The van der Waals surface area contributed by atoms with Crippen molar-refractivity contribution >= 4 is 0 Å². The summed E-state index contributed by atoms with van der Waals surface area (Å²) in [5.41, 5.74) is 7.19. The highest BCUT2D eigenvalue weighted by Gasteiger charge is 2.30. The smallest absolute Gasteiger partial charge is 0.161 e. The van der Waals surface area contributed by atoms with Gasteiger partial charge in [0, 0.05) is 24.9 Å². The van der Waals surface area contributed by atoms with Crippen molar-refractivity contribution in [2.24, 2.45) is 5.73 Å². The molecule has 3 rings (SSSR count). The van der Waals surface area contributed by atoms with Crippen LogP contribution in [0.25, 0.3) is 0 Å². The van der Waals surface area contributed by atoms with Gasteiger partial charge in [-0.25, -0.2) is 9.67 Å². The SMILES string of the molecule is CCCCn1nc(Cc2ccc(OC)c(OC)c2)nc1[C@H]1CC[C@@H](O)[C@H](N)C1. The molecule has 1 aliphatic rings. The summed E-state index contributed by atoms with van der Waals surface area (Å²) in [6.07, 6.45) is 4.76. The Morgan fingerprint density at radius 2 is 2.00 bits per heavy atom. The van der Waals surface area contributed by atoms with Gasteiger partial charge in [-0.05, 0) is 43.4 Å². The highest BCUT2D eigenvalue weighted by molar-refractivity contribution is 5.43. The number of unbranched alkanes of at least 4 members (excludes halogenated alkanes) is 1. The number of aromatic nitrogens is 3. The van der Waals surface area contributed by atoms with E-state index in [1.165, 1.54) is 0 Å². The van der Waals surface area contributed by atoms with Gasteiger partial charge in [0.15, 0.2) is 17.3 Å². The van der Waals surface area contributed by atoms with Gasteiger partial charge in [0.1, 0.15) is 5.82 Å². The van der Waals surface area contributed by atoms with E-state index in [0.717, 1.165) is 55.9 Å². The zero-order chi connectivity index (χ0) is 20.1. The molecule has 0 spiro atoms. The fourth-order valence-electron chi connectivity index (χ4n) is 3.85. The van der Waals surface area contributed by atoms with Crippen LogP contribution in [0, 0.1) is 0 Å². The Balaban J connectivity index is 1.83. The molecule has 0 unspecified atom stereocenters. The lowest BCUT2D eigenvalue weighted by molar-refractivity contribution is 0.0984. The second-order valence-corrected chi connectivity index (χ2v) is 7.57. The maximum absolute atomic E-state index is 9.96. The van der Waals surface area contributed by atoms with Crippen molar-refractivity contribution in [3.05, 3.63) is 35.4 Å². The molecule has 0 amide bonds. The van der Waals surface area contributed by atoms with Crippen molar-refractivity contribution in [3.8, 4) is 11.5 Å². The lowest BCUT2D eigenvalue weighted by Gasteiger charge is -2.30. The second-order valence-electron chi connectivity index (χ2n) is 7.57. The normalized spacial score (nSPS) is 22.2. The summed E-state index contributed by atoms with van der Waals surface area (Å²) < 4.78 is 12.8. The minimum atomic E-state index is -0.408. The molecule has 1 saturated carbocycles. The Labute approximate surface area is 166 Å². The summed E-state index contributed by atoms with van der Waals surface area (Å²) >= 11 is 0. The van der Waals surface area contributed by atoms with Crippen LogP contribution >= 0.6 is 0 Å². The number of aliphatic hydroxyl groups excluding tert-OH is 1. The van der Waals surface area contributed by atoms with Crippen molar-refractivity contribution in [2.45, 2.75) is 70.1 Å². The highest BCUT2D eigenvalue weighted by atomic mass is 16.5. The van der Waals surface area contributed by atoms with Crippen LogP contribution in [0.5, 0.6) is 11.5 Å². The Morgan fingerprint density at radius 1 is 1.21 bits per heavy atom. The average molecular weight is 389 g/mol. The Hall–Kier alpha value is -2.12. The number of hydrogen-bond donors (Lipinski definition) is 2. The molecule has 1 aromatic carbocycles. The van der Waals surface area contributed by atoms with E-state index in [1.54, 1.807) is 14.2 Å². The van der Waals surface area contributed by atoms with Crippen molar-refractivity contribution < 1.29 is 14.6 Å². The molecule has 0 radical (unpaired) electrons. The van der Waals surface area contributed by atoms with Crippen molar-refractivity contribution in [1.82, 2.24) is 14.8 Å². The summed E-state index contributed by atoms with van der Waals surface area (Å²) in [5.74, 6) is 3.48. The molecule has 2 aromatic rings. The first-order valence-electron chi connectivity index (χ1n) is 10.1. The van der Waals surface area contributed by atoms with Gasteiger partial charge in [-0.3, -0.25) is 0 Å². The molecular weight excluding hydrogens is 356 g/mol. The topological polar surface area (TPSA) is 95.4 Å². The number of nitrogens with two attached hydrogens (primary N) is 1. The molecule has 0 saturated heterocycles. The maximum atomic E-state index is 9.96. The lowest BCUT2D eigenvalue weighted by atomic mass is 9.83. The molecule has 1 aromatic heterocycles. The number of nitrogens with zero attached hydrogens (tertiary/aromatic N) is 3. The van der Waals surface area contributed by atoms with Crippen molar-refractivity contribution in [3.63, 3.8) is 0 Å². The molecule has 3 atom stereocenters. The Morgan fingerprint density at radius 3 is 2.68 bits per heavy atom. The van der Waals surface area contributed by atoms with Gasteiger partial charge in [-0.1, -0.05) is 19.4 Å². The molecule has 28 heavy (non-hydrogen) atoms. The zero-order valence-electron chi connectivity index (χ0n) is 17.1. The van der Waals surface area contributed by atoms with Gasteiger partial charge < -0.3 is 20.3 Å². The molecule has 7 heteroatoms. The third-order valence-electron chi connectivity index (χ3n) is 5.50. The van der Waals surface area contributed by atoms with E-state index in [-0.39, 0.29) is 12.0 Å². The standard InChI is InChI=1S/C21H32N4O3/c1-4-5-10-25-21(15-7-8-17(26)16(22)13-15)23-20(24-25)12-14-6-9-18(27-2)19(11-14)28-3/h6,9,11,15-17,26H,4-5,7-8,10,12-13,22H2,1-3H3/t15-,16+,17+/m0/s1. The van der Waals surface area contributed by atoms with Gasteiger partial charge in [-0.2, -0.15) is 5.10 Å². The van der Waals surface area contributed by atoms with Gasteiger partial charge in [0.25, 0.3) is 0 Å². The molecular formula is C21H32N4O3. The number of aliphatic hydroxyl groups is 1. The Bertz CT molecular complexity index is 777. The third-order valence-corrected chi connectivity index (χ3v) is 5.50.